The molecule has 3 aliphatic rings. The molecule has 0 aromatic heterocycles. The predicted octanol–water partition coefficient (Wildman–Crippen LogP) is 9.85. The van der Waals surface area contributed by atoms with Gasteiger partial charge in [-0.25, -0.2) is 0 Å². The lowest BCUT2D eigenvalue weighted by atomic mass is 9.76. The van der Waals surface area contributed by atoms with Crippen LogP contribution in [0.5, 0.6) is 11.5 Å². The molecule has 42 heavy (non-hydrogen) atoms. The van der Waals surface area contributed by atoms with Crippen molar-refractivity contribution in [2.24, 2.45) is 16.7 Å². The minimum absolute atomic E-state index is 0.193. The van der Waals surface area contributed by atoms with Gasteiger partial charge in [-0.15, -0.1) is 0 Å². The highest BCUT2D eigenvalue weighted by Gasteiger charge is 2.39. The molecule has 2 aliphatic heterocycles. The van der Waals surface area contributed by atoms with E-state index in [1.54, 1.807) is 0 Å². The van der Waals surface area contributed by atoms with Gasteiger partial charge in [0.1, 0.15) is 28.8 Å². The Bertz CT molecular complexity index is 1560. The number of hydrogen-bond donors (Lipinski definition) is 2. The van der Waals surface area contributed by atoms with Crippen LogP contribution in [0.4, 0.5) is 0 Å². The third-order valence-corrected chi connectivity index (χ3v) is 8.39. The Labute approximate surface area is 251 Å². The molecule has 0 fully saturated rings. The van der Waals surface area contributed by atoms with Crippen molar-refractivity contribution in [1.82, 2.24) is 0 Å². The number of benzene rings is 2. The monoisotopic (exact) mass is 566 g/mol. The van der Waals surface area contributed by atoms with Crippen molar-refractivity contribution >= 4 is 11.1 Å². The lowest BCUT2D eigenvalue weighted by Crippen LogP contribution is -2.34. The van der Waals surface area contributed by atoms with Crippen molar-refractivity contribution in [3.63, 3.8) is 0 Å². The Morgan fingerprint density at radius 3 is 1.60 bits per heavy atom. The summed E-state index contributed by atoms with van der Waals surface area (Å²) in [6, 6.07) is 12.6. The number of allylic oxidation sites excluding steroid dienone is 6. The van der Waals surface area contributed by atoms with Gasteiger partial charge in [-0.2, -0.15) is 0 Å². The second kappa shape index (κ2) is 10.6. The highest BCUT2D eigenvalue weighted by Crippen LogP contribution is 2.46. The maximum Gasteiger partial charge on any atom is 0.134 e. The molecule has 1 aliphatic carbocycles. The van der Waals surface area contributed by atoms with Crippen LogP contribution in [0, 0.1) is 16.7 Å². The fourth-order valence-corrected chi connectivity index (χ4v) is 5.45. The van der Waals surface area contributed by atoms with Crippen molar-refractivity contribution in [3.8, 4) is 11.5 Å². The molecule has 2 aromatic rings. The number of ether oxygens (including phenoxy) is 2. The van der Waals surface area contributed by atoms with E-state index in [1.165, 1.54) is 11.1 Å². The van der Waals surface area contributed by atoms with E-state index < -0.39 is 12.0 Å². The van der Waals surface area contributed by atoms with Gasteiger partial charge in [0, 0.05) is 27.5 Å². The predicted molar refractivity (Wildman–Crippen MR) is 172 cm³/mol. The summed E-state index contributed by atoms with van der Waals surface area (Å²) < 4.78 is 12.6. The normalized spacial score (nSPS) is 22.4. The largest absolute Gasteiger partial charge is 0.511 e. The number of aliphatic hydroxyl groups excluding tert-OH is 2. The average molecular weight is 567 g/mol. The fraction of sp³-hybridized carbons (Fsp3) is 0.421. The highest BCUT2D eigenvalue weighted by atomic mass is 16.5. The molecular formula is C38H46O4. The molecule has 0 radical (unpaired) electrons. The van der Waals surface area contributed by atoms with Crippen molar-refractivity contribution in [1.29, 1.82) is 0 Å². The molecule has 4 heteroatoms. The lowest BCUT2D eigenvalue weighted by Gasteiger charge is -2.35. The van der Waals surface area contributed by atoms with Crippen molar-refractivity contribution in [3.05, 3.63) is 106 Å². The summed E-state index contributed by atoms with van der Waals surface area (Å²) in [6.07, 6.45) is 7.19. The molecule has 2 aromatic carbocycles. The number of rotatable bonds is 4. The number of fused-ring (bicyclic) bond motifs is 2. The van der Waals surface area contributed by atoms with Gasteiger partial charge >= 0.3 is 0 Å². The summed E-state index contributed by atoms with van der Waals surface area (Å²) in [4.78, 5) is 0. The summed E-state index contributed by atoms with van der Waals surface area (Å²) in [5, 5.41) is 22.8. The summed E-state index contributed by atoms with van der Waals surface area (Å²) in [7, 11) is 0. The zero-order chi connectivity index (χ0) is 30.7. The molecule has 2 unspecified atom stereocenters. The van der Waals surface area contributed by atoms with E-state index in [9.17, 15) is 10.2 Å². The smallest absolute Gasteiger partial charge is 0.134 e. The number of aliphatic hydroxyl groups is 2. The van der Waals surface area contributed by atoms with E-state index in [0.29, 0.717) is 17.4 Å². The van der Waals surface area contributed by atoms with E-state index in [0.717, 1.165) is 45.3 Å². The molecule has 0 saturated carbocycles. The zero-order valence-electron chi connectivity index (χ0n) is 26.8. The molecule has 2 heterocycles. The first-order valence-corrected chi connectivity index (χ1v) is 15.2. The molecule has 2 N–H and O–H groups in total. The minimum atomic E-state index is -0.831. The van der Waals surface area contributed by atoms with Crippen molar-refractivity contribution < 1.29 is 19.7 Å². The Morgan fingerprint density at radius 2 is 1.17 bits per heavy atom. The van der Waals surface area contributed by atoms with Crippen molar-refractivity contribution in [2.75, 3.05) is 0 Å². The molecule has 0 bridgehead atoms. The standard InChI is InChI=1S/C38H46O4/c1-21(2)23-11-13-31-27(15-23)25(19-33(41-31)37(5,6)7)17-29-35(39)30(36(29)40)18-26-20-34(38(8,9)10)42-32-14-12-24(22(3)4)16-28(26)32/h11-22,29,35,39-40H,1-10H3/b25-17+,26-18+. The molecule has 2 atom stereocenters. The fourth-order valence-electron chi connectivity index (χ4n) is 5.45. The van der Waals surface area contributed by atoms with E-state index in [4.69, 9.17) is 9.47 Å². The number of hydrogen-bond acceptors (Lipinski definition) is 4. The van der Waals surface area contributed by atoms with Gasteiger partial charge < -0.3 is 19.7 Å². The van der Waals surface area contributed by atoms with Crippen LogP contribution in [-0.2, 0) is 0 Å². The van der Waals surface area contributed by atoms with E-state index in [-0.39, 0.29) is 16.6 Å². The Morgan fingerprint density at radius 1 is 0.714 bits per heavy atom. The summed E-state index contributed by atoms with van der Waals surface area (Å²) in [5.74, 6) is 3.73. The molecule has 0 saturated heterocycles. The molecule has 5 rings (SSSR count). The summed E-state index contributed by atoms with van der Waals surface area (Å²) in [5.41, 5.74) is 6.43. The minimum Gasteiger partial charge on any atom is -0.511 e. The average Bonchev–Trinajstić information content (AvgIpc) is 2.92. The summed E-state index contributed by atoms with van der Waals surface area (Å²) in [6.45, 7) is 21.4. The van der Waals surface area contributed by atoms with E-state index in [1.807, 2.05) is 30.4 Å². The van der Waals surface area contributed by atoms with Crippen LogP contribution in [-0.4, -0.2) is 16.3 Å². The Balaban J connectivity index is 1.59. The maximum absolute atomic E-state index is 11.4. The zero-order valence-corrected chi connectivity index (χ0v) is 26.8. The SMILES string of the molecule is CC(C)c1ccc2c(c1)/C(=C/C1=C(O)C(/C=C3\C=C(C(C)(C)C)Oc4ccc(C(C)C)cc43)C1O)C=C(C(C)(C)C)O2. The summed E-state index contributed by atoms with van der Waals surface area (Å²) >= 11 is 0. The topological polar surface area (TPSA) is 58.9 Å². The van der Waals surface area contributed by atoms with Crippen LogP contribution in [0.15, 0.2) is 83.6 Å². The van der Waals surface area contributed by atoms with Gasteiger partial charge in [0.05, 0.1) is 12.0 Å². The first kappa shape index (κ1) is 30.0. The first-order chi connectivity index (χ1) is 19.5. The van der Waals surface area contributed by atoms with Gasteiger partial charge in [-0.3, -0.25) is 0 Å². The van der Waals surface area contributed by atoms with Gasteiger partial charge in [0.25, 0.3) is 0 Å². The van der Waals surface area contributed by atoms with Crippen LogP contribution >= 0.6 is 0 Å². The third kappa shape index (κ3) is 5.62. The molecule has 4 nitrogen and oxygen atoms in total. The molecule has 0 amide bonds. The van der Waals surface area contributed by atoms with Crippen LogP contribution in [0.3, 0.4) is 0 Å². The van der Waals surface area contributed by atoms with Crippen LogP contribution in [0.2, 0.25) is 0 Å². The Hall–Kier alpha value is -3.50. The maximum atomic E-state index is 11.4. The Kier molecular flexibility index (Phi) is 7.60. The first-order valence-electron chi connectivity index (χ1n) is 15.2. The quantitative estimate of drug-likeness (QED) is 0.387. The van der Waals surface area contributed by atoms with Crippen LogP contribution in [0.1, 0.15) is 103 Å². The van der Waals surface area contributed by atoms with Crippen LogP contribution in [0.25, 0.3) is 11.1 Å². The third-order valence-electron chi connectivity index (χ3n) is 8.39. The van der Waals surface area contributed by atoms with E-state index in [2.05, 4.69) is 99.6 Å². The lowest BCUT2D eigenvalue weighted by molar-refractivity contribution is 0.113. The second-order valence-electron chi connectivity index (χ2n) is 14.6. The van der Waals surface area contributed by atoms with Crippen LogP contribution < -0.4 is 9.47 Å². The van der Waals surface area contributed by atoms with Gasteiger partial charge in [0.2, 0.25) is 0 Å². The van der Waals surface area contributed by atoms with Gasteiger partial charge in [0.15, 0.2) is 0 Å². The van der Waals surface area contributed by atoms with Gasteiger partial charge in [-0.1, -0.05) is 87.4 Å². The van der Waals surface area contributed by atoms with Gasteiger partial charge in [-0.05, 0) is 76.6 Å². The molecule has 222 valence electrons. The van der Waals surface area contributed by atoms with E-state index >= 15 is 0 Å². The highest BCUT2D eigenvalue weighted by molar-refractivity contribution is 5.84. The molecule has 0 spiro atoms. The molecular weight excluding hydrogens is 520 g/mol. The van der Waals surface area contributed by atoms with Crippen molar-refractivity contribution in [2.45, 2.75) is 87.2 Å². The second-order valence-corrected chi connectivity index (χ2v) is 14.6.